The van der Waals surface area contributed by atoms with Gasteiger partial charge in [-0.25, -0.2) is 4.68 Å². The van der Waals surface area contributed by atoms with Gasteiger partial charge in [-0.1, -0.05) is 0 Å². The van der Waals surface area contributed by atoms with Crippen molar-refractivity contribution in [1.29, 1.82) is 0 Å². The van der Waals surface area contributed by atoms with Crippen molar-refractivity contribution >= 4 is 11.7 Å². The molecule has 4 rings (SSSR count). The normalized spacial score (nSPS) is 20.6. The lowest BCUT2D eigenvalue weighted by Crippen LogP contribution is -2.44. The molecule has 0 radical (unpaired) electrons. The third kappa shape index (κ3) is 3.50. The van der Waals surface area contributed by atoms with Crippen LogP contribution in [0.25, 0.3) is 5.82 Å². The first-order valence-corrected chi connectivity index (χ1v) is 9.03. The highest BCUT2D eigenvalue weighted by Gasteiger charge is 2.30. The van der Waals surface area contributed by atoms with Crippen LogP contribution in [-0.2, 0) is 4.79 Å². The van der Waals surface area contributed by atoms with E-state index in [4.69, 9.17) is 0 Å². The molecule has 1 atom stereocenters. The molecule has 0 bridgehead atoms. The summed E-state index contributed by atoms with van der Waals surface area (Å²) in [6, 6.07) is 6.35. The zero-order valence-electron chi connectivity index (χ0n) is 14.8. The third-order valence-electron chi connectivity index (χ3n) is 4.90. The Balaban J connectivity index is 1.45. The minimum Gasteiger partial charge on any atom is -0.354 e. The minimum absolute atomic E-state index is 0.0480. The summed E-state index contributed by atoms with van der Waals surface area (Å²) in [5, 5.41) is 16.3. The van der Waals surface area contributed by atoms with Gasteiger partial charge in [-0.15, -0.1) is 10.2 Å². The van der Waals surface area contributed by atoms with E-state index in [1.54, 1.807) is 4.68 Å². The van der Waals surface area contributed by atoms with Gasteiger partial charge in [0.05, 0.1) is 11.6 Å². The van der Waals surface area contributed by atoms with Crippen LogP contribution in [0.4, 0.5) is 5.82 Å². The van der Waals surface area contributed by atoms with E-state index in [2.05, 4.69) is 25.5 Å². The highest BCUT2D eigenvalue weighted by molar-refractivity contribution is 5.80. The number of nitrogens with one attached hydrogen (secondary N) is 1. The Kier molecular flexibility index (Phi) is 4.15. The van der Waals surface area contributed by atoms with Crippen LogP contribution in [0.15, 0.2) is 18.2 Å². The third-order valence-corrected chi connectivity index (χ3v) is 4.90. The molecule has 132 valence electrons. The van der Waals surface area contributed by atoms with Gasteiger partial charge in [0.2, 0.25) is 5.91 Å². The molecule has 7 nitrogen and oxygen atoms in total. The lowest BCUT2D eigenvalue weighted by Gasteiger charge is -2.32. The number of hydrogen-bond acceptors (Lipinski definition) is 5. The van der Waals surface area contributed by atoms with Crippen molar-refractivity contribution < 1.29 is 4.79 Å². The Morgan fingerprint density at radius 2 is 1.92 bits per heavy atom. The second-order valence-electron chi connectivity index (χ2n) is 7.16. The van der Waals surface area contributed by atoms with Gasteiger partial charge in [-0.05, 0) is 57.7 Å². The van der Waals surface area contributed by atoms with Crippen LogP contribution in [0.1, 0.15) is 37.1 Å². The maximum absolute atomic E-state index is 12.3. The van der Waals surface area contributed by atoms with E-state index in [1.165, 1.54) is 0 Å². The molecule has 1 saturated carbocycles. The molecular weight excluding hydrogens is 316 g/mol. The van der Waals surface area contributed by atoms with Gasteiger partial charge in [0.15, 0.2) is 11.6 Å². The molecule has 2 aromatic rings. The van der Waals surface area contributed by atoms with Crippen molar-refractivity contribution in [1.82, 2.24) is 25.3 Å². The molecule has 1 amide bonds. The van der Waals surface area contributed by atoms with Gasteiger partial charge < -0.3 is 10.2 Å². The van der Waals surface area contributed by atoms with Crippen LogP contribution in [-0.4, -0.2) is 45.0 Å². The second kappa shape index (κ2) is 6.46. The van der Waals surface area contributed by atoms with E-state index in [1.807, 2.05) is 32.0 Å². The van der Waals surface area contributed by atoms with Crippen molar-refractivity contribution in [2.75, 3.05) is 18.0 Å². The number of hydrogen-bond donors (Lipinski definition) is 1. The van der Waals surface area contributed by atoms with Crippen molar-refractivity contribution in [2.45, 2.75) is 45.6 Å². The van der Waals surface area contributed by atoms with Gasteiger partial charge in [-0.2, -0.15) is 5.10 Å². The van der Waals surface area contributed by atoms with Gasteiger partial charge in [0.1, 0.15) is 0 Å². The molecule has 1 saturated heterocycles. The zero-order chi connectivity index (χ0) is 17.4. The number of anilines is 1. The summed E-state index contributed by atoms with van der Waals surface area (Å²) in [5.74, 6) is 1.79. The largest absolute Gasteiger partial charge is 0.354 e. The fraction of sp³-hybridized carbons (Fsp3) is 0.556. The van der Waals surface area contributed by atoms with Crippen LogP contribution in [0.3, 0.4) is 0 Å². The molecule has 2 aromatic heterocycles. The van der Waals surface area contributed by atoms with Gasteiger partial charge in [-0.3, -0.25) is 4.79 Å². The summed E-state index contributed by atoms with van der Waals surface area (Å²) in [4.78, 5) is 14.5. The smallest absolute Gasteiger partial charge is 0.225 e. The molecule has 1 aliphatic heterocycles. The van der Waals surface area contributed by atoms with Gasteiger partial charge in [0, 0.05) is 24.8 Å². The Morgan fingerprint density at radius 1 is 1.16 bits per heavy atom. The quantitative estimate of drug-likeness (QED) is 0.918. The monoisotopic (exact) mass is 340 g/mol. The molecule has 2 fully saturated rings. The molecule has 7 heteroatoms. The van der Waals surface area contributed by atoms with E-state index in [0.29, 0.717) is 12.6 Å². The molecular formula is C18H24N6O. The average Bonchev–Trinajstić information content (AvgIpc) is 3.37. The number of piperidine rings is 1. The van der Waals surface area contributed by atoms with Gasteiger partial charge in [0.25, 0.3) is 0 Å². The molecule has 1 aliphatic carbocycles. The van der Waals surface area contributed by atoms with Crippen LogP contribution < -0.4 is 10.2 Å². The predicted molar refractivity (Wildman–Crippen MR) is 94.7 cm³/mol. The van der Waals surface area contributed by atoms with Gasteiger partial charge >= 0.3 is 0 Å². The van der Waals surface area contributed by atoms with Crippen molar-refractivity contribution in [2.24, 2.45) is 5.92 Å². The summed E-state index contributed by atoms with van der Waals surface area (Å²) in [5.41, 5.74) is 2.00. The lowest BCUT2D eigenvalue weighted by atomic mass is 9.97. The summed E-state index contributed by atoms with van der Waals surface area (Å²) in [7, 11) is 0. The highest BCUT2D eigenvalue weighted by Crippen LogP contribution is 2.24. The van der Waals surface area contributed by atoms with Crippen molar-refractivity contribution in [3.05, 3.63) is 29.6 Å². The number of carbonyl (C=O) groups excluding carboxylic acids is 1. The first-order chi connectivity index (χ1) is 12.1. The highest BCUT2D eigenvalue weighted by atomic mass is 16.2. The van der Waals surface area contributed by atoms with E-state index < -0.39 is 0 Å². The summed E-state index contributed by atoms with van der Waals surface area (Å²) < 4.78 is 1.80. The SMILES string of the molecule is Cc1cc(C)n(-c2ccc(N3CCCC(C(=O)NC4CC4)C3)nn2)n1. The zero-order valence-corrected chi connectivity index (χ0v) is 14.8. The Bertz CT molecular complexity index is 764. The molecule has 0 spiro atoms. The molecule has 0 aromatic carbocycles. The number of rotatable bonds is 4. The molecule has 2 aliphatic rings. The standard InChI is InChI=1S/C18H24N6O/c1-12-10-13(2)24(22-12)17-8-7-16(20-21-17)23-9-3-4-14(11-23)18(25)19-15-5-6-15/h7-8,10,14-15H,3-6,9,11H2,1-2H3,(H,19,25). The van der Waals surface area contributed by atoms with Crippen molar-refractivity contribution in [3.63, 3.8) is 0 Å². The minimum atomic E-state index is 0.0480. The van der Waals surface area contributed by atoms with Crippen molar-refractivity contribution in [3.8, 4) is 5.82 Å². The van der Waals surface area contributed by atoms with Crippen LogP contribution in [0.5, 0.6) is 0 Å². The topological polar surface area (TPSA) is 75.9 Å². The van der Waals surface area contributed by atoms with Crippen LogP contribution >= 0.6 is 0 Å². The van der Waals surface area contributed by atoms with Crippen LogP contribution in [0, 0.1) is 19.8 Å². The fourth-order valence-corrected chi connectivity index (χ4v) is 3.41. The van der Waals surface area contributed by atoms with E-state index in [9.17, 15) is 4.79 Å². The fourth-order valence-electron chi connectivity index (χ4n) is 3.41. The van der Waals surface area contributed by atoms with Crippen LogP contribution in [0.2, 0.25) is 0 Å². The number of aryl methyl sites for hydroxylation is 2. The maximum atomic E-state index is 12.3. The summed E-state index contributed by atoms with van der Waals surface area (Å²) >= 11 is 0. The number of carbonyl (C=O) groups is 1. The Hall–Kier alpha value is -2.44. The number of amides is 1. The van der Waals surface area contributed by atoms with E-state index in [0.717, 1.165) is 55.3 Å². The Morgan fingerprint density at radius 3 is 2.56 bits per heavy atom. The first kappa shape index (κ1) is 16.1. The second-order valence-corrected chi connectivity index (χ2v) is 7.16. The summed E-state index contributed by atoms with van der Waals surface area (Å²) in [6.07, 6.45) is 4.21. The molecule has 1 unspecified atom stereocenters. The molecule has 3 heterocycles. The predicted octanol–water partition coefficient (Wildman–Crippen LogP) is 1.77. The summed E-state index contributed by atoms with van der Waals surface area (Å²) in [6.45, 7) is 5.60. The molecule has 1 N–H and O–H groups in total. The average molecular weight is 340 g/mol. The number of aromatic nitrogens is 4. The molecule has 25 heavy (non-hydrogen) atoms. The Labute approximate surface area is 147 Å². The van der Waals surface area contributed by atoms with E-state index >= 15 is 0 Å². The number of nitrogens with zero attached hydrogens (tertiary/aromatic N) is 5. The van der Waals surface area contributed by atoms with E-state index in [-0.39, 0.29) is 11.8 Å². The maximum Gasteiger partial charge on any atom is 0.225 e. The lowest BCUT2D eigenvalue weighted by molar-refractivity contribution is -0.125. The first-order valence-electron chi connectivity index (χ1n) is 9.03.